The summed E-state index contributed by atoms with van der Waals surface area (Å²) in [5.41, 5.74) is 0.740. The van der Waals surface area contributed by atoms with Gasteiger partial charge in [-0.1, -0.05) is 12.1 Å². The maximum atomic E-state index is 11.9. The zero-order chi connectivity index (χ0) is 14.6. The van der Waals surface area contributed by atoms with E-state index in [1.54, 1.807) is 31.4 Å². The average Bonchev–Trinajstić information content (AvgIpc) is 2.99. The summed E-state index contributed by atoms with van der Waals surface area (Å²) < 4.78 is 39.3. The van der Waals surface area contributed by atoms with Crippen LogP contribution in [-0.2, 0) is 21.0 Å². The fraction of sp³-hybridized carbons (Fsp3) is 0.250. The Morgan fingerprint density at radius 2 is 1.95 bits per heavy atom. The summed E-state index contributed by atoms with van der Waals surface area (Å²) in [6, 6.07) is 6.92. The van der Waals surface area contributed by atoms with E-state index in [2.05, 4.69) is 9.17 Å². The minimum Gasteiger partial charge on any atom is -0.497 e. The molecule has 7 nitrogen and oxygen atoms in total. The molecule has 0 fully saturated rings. The van der Waals surface area contributed by atoms with Gasteiger partial charge in [0, 0.05) is 0 Å². The van der Waals surface area contributed by atoms with Crippen LogP contribution < -0.4 is 9.04 Å². The van der Waals surface area contributed by atoms with Crippen LogP contribution in [0.25, 0.3) is 0 Å². The van der Waals surface area contributed by atoms with Crippen LogP contribution >= 0.6 is 0 Å². The number of benzene rings is 1. The molecular weight excluding hydrogens is 284 g/mol. The molecule has 0 atom stereocenters. The third kappa shape index (κ3) is 3.09. The van der Waals surface area contributed by atoms with Crippen molar-refractivity contribution >= 4 is 16.3 Å². The van der Waals surface area contributed by atoms with Crippen LogP contribution in [0.15, 0.2) is 41.1 Å². The summed E-state index contributed by atoms with van der Waals surface area (Å²) in [5, 5.41) is 0. The number of anilines is 1. The molecule has 0 spiro atoms. The van der Waals surface area contributed by atoms with Crippen molar-refractivity contribution in [3.8, 4) is 5.75 Å². The summed E-state index contributed by atoms with van der Waals surface area (Å²) in [7, 11) is -1.31. The molecule has 8 heteroatoms. The number of nitrogens with zero attached hydrogens (tertiary/aromatic N) is 2. The molecule has 0 bridgehead atoms. The van der Waals surface area contributed by atoms with Crippen molar-refractivity contribution in [1.82, 2.24) is 4.98 Å². The van der Waals surface area contributed by atoms with E-state index < -0.39 is 10.3 Å². The third-order valence-electron chi connectivity index (χ3n) is 2.60. The van der Waals surface area contributed by atoms with Gasteiger partial charge in [0.15, 0.2) is 0 Å². The zero-order valence-corrected chi connectivity index (χ0v) is 11.8. The number of hydrogen-bond donors (Lipinski definition) is 0. The van der Waals surface area contributed by atoms with Crippen molar-refractivity contribution < 1.29 is 21.8 Å². The summed E-state index contributed by atoms with van der Waals surface area (Å²) >= 11 is 0. The van der Waals surface area contributed by atoms with E-state index >= 15 is 0 Å². The van der Waals surface area contributed by atoms with Gasteiger partial charge in [0.05, 0.1) is 27.0 Å². The van der Waals surface area contributed by atoms with Crippen LogP contribution in [0.3, 0.4) is 0 Å². The molecule has 20 heavy (non-hydrogen) atoms. The minimum absolute atomic E-state index is 0.0423. The Balaban J connectivity index is 2.28. The molecule has 1 heterocycles. The molecule has 0 radical (unpaired) electrons. The SMILES string of the molecule is COc1ccc(CN(c2ncco2)S(=O)(=O)OC)cc1. The highest BCUT2D eigenvalue weighted by Gasteiger charge is 2.26. The molecule has 1 aromatic carbocycles. The van der Waals surface area contributed by atoms with Crippen molar-refractivity contribution in [2.75, 3.05) is 18.5 Å². The Morgan fingerprint density at radius 3 is 2.45 bits per heavy atom. The Labute approximate surface area is 117 Å². The van der Waals surface area contributed by atoms with Gasteiger partial charge in [0.25, 0.3) is 0 Å². The van der Waals surface area contributed by atoms with Gasteiger partial charge in [0.2, 0.25) is 0 Å². The van der Waals surface area contributed by atoms with Gasteiger partial charge >= 0.3 is 16.3 Å². The second-order valence-corrected chi connectivity index (χ2v) is 5.42. The van der Waals surface area contributed by atoms with Gasteiger partial charge in [-0.2, -0.15) is 12.7 Å². The second-order valence-electron chi connectivity index (χ2n) is 3.79. The molecule has 0 N–H and O–H groups in total. The molecule has 0 unspecified atom stereocenters. The molecule has 2 rings (SSSR count). The molecule has 0 saturated carbocycles. The van der Waals surface area contributed by atoms with E-state index in [1.807, 2.05) is 0 Å². The number of ether oxygens (including phenoxy) is 1. The minimum atomic E-state index is -3.95. The van der Waals surface area contributed by atoms with Crippen molar-refractivity contribution in [2.24, 2.45) is 0 Å². The monoisotopic (exact) mass is 298 g/mol. The lowest BCUT2D eigenvalue weighted by Crippen LogP contribution is -2.31. The van der Waals surface area contributed by atoms with Crippen LogP contribution in [-0.4, -0.2) is 27.6 Å². The lowest BCUT2D eigenvalue weighted by molar-refractivity contribution is 0.389. The first-order valence-corrected chi connectivity index (χ1v) is 7.04. The predicted molar refractivity (Wildman–Crippen MR) is 71.6 cm³/mol. The smallest absolute Gasteiger partial charge is 0.366 e. The van der Waals surface area contributed by atoms with E-state index in [9.17, 15) is 8.42 Å². The highest BCUT2D eigenvalue weighted by molar-refractivity contribution is 7.88. The molecule has 0 aliphatic rings. The first-order chi connectivity index (χ1) is 9.56. The largest absolute Gasteiger partial charge is 0.497 e. The van der Waals surface area contributed by atoms with Crippen molar-refractivity contribution in [1.29, 1.82) is 0 Å². The molecule has 0 saturated heterocycles. The number of hydrogen-bond acceptors (Lipinski definition) is 6. The van der Waals surface area contributed by atoms with Gasteiger partial charge < -0.3 is 9.15 Å². The first kappa shape index (κ1) is 14.4. The molecule has 108 valence electrons. The van der Waals surface area contributed by atoms with Gasteiger partial charge in [-0.25, -0.2) is 4.98 Å². The summed E-state index contributed by atoms with van der Waals surface area (Å²) in [4.78, 5) is 3.84. The fourth-order valence-corrected chi connectivity index (χ4v) is 2.34. The third-order valence-corrected chi connectivity index (χ3v) is 3.84. The van der Waals surface area contributed by atoms with E-state index in [0.29, 0.717) is 5.75 Å². The fourth-order valence-electron chi connectivity index (χ4n) is 1.57. The zero-order valence-electron chi connectivity index (χ0n) is 11.0. The molecule has 0 amide bonds. The first-order valence-electron chi connectivity index (χ1n) is 5.67. The Bertz CT molecular complexity index is 637. The van der Waals surface area contributed by atoms with Crippen LogP contribution in [0, 0.1) is 0 Å². The van der Waals surface area contributed by atoms with E-state index in [-0.39, 0.29) is 12.6 Å². The number of aromatic nitrogens is 1. The molecule has 0 aliphatic heterocycles. The maximum absolute atomic E-state index is 11.9. The quantitative estimate of drug-likeness (QED) is 0.805. The Hall–Kier alpha value is -2.06. The van der Waals surface area contributed by atoms with Crippen LogP contribution in [0.1, 0.15) is 5.56 Å². The molecule has 1 aromatic heterocycles. The topological polar surface area (TPSA) is 81.9 Å². The van der Waals surface area contributed by atoms with Gasteiger partial charge in [-0.15, -0.1) is 0 Å². The second kappa shape index (κ2) is 5.93. The summed E-state index contributed by atoms with van der Waals surface area (Å²) in [6.07, 6.45) is 2.66. The standard InChI is InChI=1S/C12H14N2O5S/c1-17-11-5-3-10(4-6-11)9-14(20(15,16)18-2)12-13-7-8-19-12/h3-8H,9H2,1-2H3. The molecular formula is C12H14N2O5S. The van der Waals surface area contributed by atoms with Crippen LogP contribution in [0.4, 0.5) is 6.01 Å². The van der Waals surface area contributed by atoms with Gasteiger partial charge in [0.1, 0.15) is 12.0 Å². The molecule has 0 aliphatic carbocycles. The van der Waals surface area contributed by atoms with E-state index in [0.717, 1.165) is 17.0 Å². The number of oxazole rings is 1. The predicted octanol–water partition coefficient (Wildman–Crippen LogP) is 1.58. The Kier molecular flexibility index (Phi) is 4.26. The van der Waals surface area contributed by atoms with E-state index in [4.69, 9.17) is 9.15 Å². The van der Waals surface area contributed by atoms with Gasteiger partial charge in [-0.05, 0) is 17.7 Å². The molecule has 2 aromatic rings. The number of methoxy groups -OCH3 is 1. The highest BCUT2D eigenvalue weighted by atomic mass is 32.2. The van der Waals surface area contributed by atoms with Crippen molar-refractivity contribution in [2.45, 2.75) is 6.54 Å². The lowest BCUT2D eigenvalue weighted by Gasteiger charge is -2.18. The van der Waals surface area contributed by atoms with Crippen molar-refractivity contribution in [3.63, 3.8) is 0 Å². The van der Waals surface area contributed by atoms with E-state index in [1.165, 1.54) is 12.5 Å². The van der Waals surface area contributed by atoms with Crippen LogP contribution in [0.2, 0.25) is 0 Å². The Morgan fingerprint density at radius 1 is 1.25 bits per heavy atom. The van der Waals surface area contributed by atoms with Crippen LogP contribution in [0.5, 0.6) is 5.75 Å². The van der Waals surface area contributed by atoms with Crippen molar-refractivity contribution in [3.05, 3.63) is 42.3 Å². The number of rotatable bonds is 6. The average molecular weight is 298 g/mol. The highest BCUT2D eigenvalue weighted by Crippen LogP contribution is 2.20. The van der Waals surface area contributed by atoms with Gasteiger partial charge in [-0.3, -0.25) is 4.18 Å². The lowest BCUT2D eigenvalue weighted by atomic mass is 10.2. The maximum Gasteiger partial charge on any atom is 0.366 e. The normalized spacial score (nSPS) is 11.3. The summed E-state index contributed by atoms with van der Waals surface area (Å²) in [6.45, 7) is 0.0423. The summed E-state index contributed by atoms with van der Waals surface area (Å²) in [5.74, 6) is 0.686.